The van der Waals surface area contributed by atoms with Crippen LogP contribution in [0.2, 0.25) is 0 Å². The summed E-state index contributed by atoms with van der Waals surface area (Å²) in [4.78, 5) is 23.8. The summed E-state index contributed by atoms with van der Waals surface area (Å²) in [7, 11) is 0. The van der Waals surface area contributed by atoms with E-state index < -0.39 is 24.0 Å². The maximum Gasteiger partial charge on any atom is 0.471 e. The van der Waals surface area contributed by atoms with Gasteiger partial charge >= 0.3 is 12.1 Å². The Morgan fingerprint density at radius 3 is 2.52 bits per heavy atom. The van der Waals surface area contributed by atoms with Crippen LogP contribution in [0.5, 0.6) is 0 Å². The summed E-state index contributed by atoms with van der Waals surface area (Å²) >= 11 is 4.32. The van der Waals surface area contributed by atoms with Crippen LogP contribution in [0.15, 0.2) is 30.0 Å². The largest absolute Gasteiger partial charge is 0.471 e. The second-order valence-electron chi connectivity index (χ2n) is 7.06. The number of aryl methyl sites for hydroxylation is 1. The topological polar surface area (TPSA) is 84.2 Å². The Balaban J connectivity index is 1.67. The first-order valence-corrected chi connectivity index (χ1v) is 8.96. The number of nitrogens with one attached hydrogen (secondary N) is 2. The summed E-state index contributed by atoms with van der Waals surface area (Å²) < 4.78 is 37.1. The van der Waals surface area contributed by atoms with Crippen molar-refractivity contribution in [1.29, 1.82) is 0 Å². The molecule has 0 aromatic heterocycles. The summed E-state index contributed by atoms with van der Waals surface area (Å²) in [5.41, 5.74) is 7.43. The van der Waals surface area contributed by atoms with Crippen LogP contribution in [0.3, 0.4) is 0 Å². The van der Waals surface area contributed by atoms with E-state index in [9.17, 15) is 22.8 Å². The van der Waals surface area contributed by atoms with Crippen LogP contribution in [0.4, 0.5) is 13.2 Å². The Bertz CT molecular complexity index is 801. The fourth-order valence-corrected chi connectivity index (χ4v) is 3.55. The van der Waals surface area contributed by atoms with Gasteiger partial charge in [-0.15, -0.1) is 12.6 Å². The zero-order valence-corrected chi connectivity index (χ0v) is 15.4. The Morgan fingerprint density at radius 1 is 1.33 bits per heavy atom. The molecule has 4 atom stereocenters. The predicted molar refractivity (Wildman–Crippen MR) is 97.4 cm³/mol. The van der Waals surface area contributed by atoms with Crippen molar-refractivity contribution in [3.05, 3.63) is 41.1 Å². The van der Waals surface area contributed by atoms with E-state index in [1.165, 1.54) is 0 Å². The number of carbonyl (C=O) groups is 2. The maximum atomic E-state index is 12.5. The molecular formula is C18H20F3N3O2S. The van der Waals surface area contributed by atoms with Crippen LogP contribution in [-0.2, 0) is 9.59 Å². The number of nitrogens with two attached hydrogens (primary N) is 1. The molecule has 9 heteroatoms. The highest BCUT2D eigenvalue weighted by Crippen LogP contribution is 2.69. The first-order valence-electron chi connectivity index (χ1n) is 8.51. The summed E-state index contributed by atoms with van der Waals surface area (Å²) in [6, 6.07) is 6.68. The number of hydrogen-bond acceptors (Lipinski definition) is 4. The van der Waals surface area contributed by atoms with Crippen molar-refractivity contribution in [3.8, 4) is 0 Å². The third-order valence-corrected chi connectivity index (χ3v) is 5.55. The van der Waals surface area contributed by atoms with E-state index in [1.54, 1.807) is 12.1 Å². The van der Waals surface area contributed by atoms with E-state index in [1.807, 2.05) is 24.4 Å². The van der Waals surface area contributed by atoms with Gasteiger partial charge in [-0.1, -0.05) is 29.8 Å². The van der Waals surface area contributed by atoms with Crippen LogP contribution < -0.4 is 16.4 Å². The lowest BCUT2D eigenvalue weighted by Gasteiger charge is -2.22. The maximum absolute atomic E-state index is 12.5. The fraction of sp³-hybridized carbons (Fsp3) is 0.444. The zero-order valence-electron chi connectivity index (χ0n) is 14.5. The molecule has 2 amide bonds. The van der Waals surface area contributed by atoms with E-state index in [-0.39, 0.29) is 23.1 Å². The van der Waals surface area contributed by atoms with Gasteiger partial charge in [-0.3, -0.25) is 9.59 Å². The Morgan fingerprint density at radius 2 is 2.00 bits per heavy atom. The van der Waals surface area contributed by atoms with Gasteiger partial charge in [-0.05, 0) is 36.7 Å². The molecule has 0 saturated heterocycles. The molecule has 0 spiro atoms. The SMILES string of the molecule is Cc1cccc(/C(S)=C(/N)C(=O)N[C@H](CNC(=O)C(F)(F)F)C2C3C[C@@H]32)c1. The summed E-state index contributed by atoms with van der Waals surface area (Å²) in [6.07, 6.45) is -3.94. The molecule has 2 aliphatic carbocycles. The van der Waals surface area contributed by atoms with Crippen LogP contribution in [0.1, 0.15) is 17.5 Å². The molecule has 2 saturated carbocycles. The van der Waals surface area contributed by atoms with Crippen molar-refractivity contribution in [2.45, 2.75) is 25.6 Å². The third-order valence-electron chi connectivity index (χ3n) is 5.05. The molecule has 0 heterocycles. The molecule has 2 aliphatic rings. The van der Waals surface area contributed by atoms with Crippen molar-refractivity contribution in [2.24, 2.45) is 23.5 Å². The lowest BCUT2D eigenvalue weighted by molar-refractivity contribution is -0.173. The molecule has 1 aromatic carbocycles. The number of carbonyl (C=O) groups excluding carboxylic acids is 2. The summed E-state index contributed by atoms with van der Waals surface area (Å²) in [5.74, 6) is -1.73. The molecule has 1 aromatic rings. The standard InChI is InChI=1S/C18H20F3N3O2S/c1-8-3-2-4-9(5-8)15(27)14(22)16(25)24-12(13-10-6-11(10)13)7-23-17(26)18(19,20)21/h2-5,10-13,27H,6-7,22H2,1H3,(H,23,26)(H,24,25)/b15-14-/t10-,11?,12+,13?/m0/s1. The molecule has 27 heavy (non-hydrogen) atoms. The number of fused-ring (bicyclic) bond motifs is 1. The average Bonchev–Trinajstić information content (AvgIpc) is 3.49. The molecule has 0 bridgehead atoms. The van der Waals surface area contributed by atoms with Gasteiger partial charge < -0.3 is 16.4 Å². The fourth-order valence-electron chi connectivity index (χ4n) is 3.31. The molecule has 146 valence electrons. The zero-order chi connectivity index (χ0) is 19.9. The van der Waals surface area contributed by atoms with Gasteiger partial charge in [0.25, 0.3) is 5.91 Å². The highest BCUT2D eigenvalue weighted by molar-refractivity contribution is 7.90. The van der Waals surface area contributed by atoms with Gasteiger partial charge in [0.1, 0.15) is 5.70 Å². The Kier molecular flexibility index (Phi) is 5.16. The number of amides is 2. The number of alkyl halides is 3. The Labute approximate surface area is 160 Å². The number of hydrogen-bond donors (Lipinski definition) is 4. The second kappa shape index (κ2) is 7.10. The van der Waals surface area contributed by atoms with Crippen LogP contribution >= 0.6 is 12.6 Å². The quantitative estimate of drug-likeness (QED) is 0.436. The second-order valence-corrected chi connectivity index (χ2v) is 7.51. The minimum absolute atomic E-state index is 0.0811. The van der Waals surface area contributed by atoms with E-state index in [2.05, 4.69) is 17.9 Å². The van der Waals surface area contributed by atoms with Gasteiger partial charge in [0, 0.05) is 17.5 Å². The van der Waals surface area contributed by atoms with Crippen LogP contribution in [-0.4, -0.2) is 30.6 Å². The van der Waals surface area contributed by atoms with Gasteiger partial charge in [0.05, 0.1) is 0 Å². The van der Waals surface area contributed by atoms with Gasteiger partial charge in [-0.25, -0.2) is 0 Å². The highest BCUT2D eigenvalue weighted by Gasteiger charge is 2.66. The van der Waals surface area contributed by atoms with Gasteiger partial charge in [0.2, 0.25) is 0 Å². The number of rotatable bonds is 6. The lowest BCUT2D eigenvalue weighted by atomic mass is 10.0. The summed E-state index contributed by atoms with van der Waals surface area (Å²) in [6.45, 7) is 1.60. The number of benzene rings is 1. The van der Waals surface area contributed by atoms with Crippen LogP contribution in [0, 0.1) is 24.7 Å². The summed E-state index contributed by atoms with van der Waals surface area (Å²) in [5, 5.41) is 4.50. The minimum Gasteiger partial charge on any atom is -0.393 e. The van der Waals surface area contributed by atoms with Crippen molar-refractivity contribution in [1.82, 2.24) is 10.6 Å². The monoisotopic (exact) mass is 399 g/mol. The predicted octanol–water partition coefficient (Wildman–Crippen LogP) is 1.98. The highest BCUT2D eigenvalue weighted by atomic mass is 32.1. The first-order chi connectivity index (χ1) is 12.6. The van der Waals surface area contributed by atoms with Crippen molar-refractivity contribution >= 4 is 29.3 Å². The average molecular weight is 399 g/mol. The van der Waals surface area contributed by atoms with Crippen molar-refractivity contribution < 1.29 is 22.8 Å². The van der Waals surface area contributed by atoms with E-state index in [0.29, 0.717) is 17.4 Å². The normalized spacial score (nSPS) is 25.0. The van der Waals surface area contributed by atoms with E-state index in [0.717, 1.165) is 12.0 Å². The molecule has 4 N–H and O–H groups in total. The van der Waals surface area contributed by atoms with E-state index >= 15 is 0 Å². The molecule has 0 radical (unpaired) electrons. The molecule has 2 unspecified atom stereocenters. The number of halogens is 3. The molecule has 5 nitrogen and oxygen atoms in total. The van der Waals surface area contributed by atoms with E-state index in [4.69, 9.17) is 5.73 Å². The number of thiol groups is 1. The van der Waals surface area contributed by atoms with Crippen molar-refractivity contribution in [3.63, 3.8) is 0 Å². The first kappa shape index (κ1) is 19.6. The molecule has 2 fully saturated rings. The van der Waals surface area contributed by atoms with Crippen LogP contribution in [0.25, 0.3) is 4.91 Å². The van der Waals surface area contributed by atoms with Crippen molar-refractivity contribution in [2.75, 3.05) is 6.54 Å². The smallest absolute Gasteiger partial charge is 0.393 e. The van der Waals surface area contributed by atoms with Gasteiger partial charge in [0.15, 0.2) is 0 Å². The van der Waals surface area contributed by atoms with Gasteiger partial charge in [-0.2, -0.15) is 13.2 Å². The molecule has 0 aliphatic heterocycles. The Hall–Kier alpha value is -2.16. The molecular weight excluding hydrogens is 379 g/mol. The molecule has 3 rings (SSSR count). The lowest BCUT2D eigenvalue weighted by Crippen LogP contribution is -2.49. The third kappa shape index (κ3) is 4.40. The minimum atomic E-state index is -4.95.